The number of nitrogens with one attached hydrogen (secondary N) is 1. The lowest BCUT2D eigenvalue weighted by Gasteiger charge is -2.16. The molecule has 3 rings (SSSR count). The van der Waals surface area contributed by atoms with Crippen molar-refractivity contribution in [1.82, 2.24) is 19.5 Å². The number of unbranched alkanes of at least 4 members (excludes halogenated alkanes) is 2. The molecule has 2 aromatic heterocycles. The van der Waals surface area contributed by atoms with Gasteiger partial charge in [-0.25, -0.2) is 4.98 Å². The van der Waals surface area contributed by atoms with Gasteiger partial charge in [-0.15, -0.1) is 0 Å². The van der Waals surface area contributed by atoms with Crippen LogP contribution in [0, 0.1) is 0 Å². The van der Waals surface area contributed by atoms with Crippen LogP contribution in [-0.4, -0.2) is 48.5 Å². The van der Waals surface area contributed by atoms with Crippen molar-refractivity contribution in [3.63, 3.8) is 0 Å². The van der Waals surface area contributed by atoms with E-state index in [0.717, 1.165) is 19.3 Å². The highest BCUT2D eigenvalue weighted by atomic mass is 16.5. The molecule has 0 amide bonds. The summed E-state index contributed by atoms with van der Waals surface area (Å²) in [5, 5.41) is 19.3. The minimum Gasteiger partial charge on any atom is -0.394 e. The molecule has 0 radical (unpaired) electrons. The molecule has 1 saturated heterocycles. The number of aliphatic hydroxyl groups excluding tert-OH is 2. The summed E-state index contributed by atoms with van der Waals surface area (Å²) in [6, 6.07) is 0. The Morgan fingerprint density at radius 1 is 1.42 bits per heavy atom. The molecule has 24 heavy (non-hydrogen) atoms. The number of aryl methyl sites for hydroxylation is 1. The van der Waals surface area contributed by atoms with Crippen LogP contribution in [0.15, 0.2) is 4.79 Å². The van der Waals surface area contributed by atoms with Crippen LogP contribution < -0.4 is 11.3 Å². The summed E-state index contributed by atoms with van der Waals surface area (Å²) in [7, 11) is 0. The van der Waals surface area contributed by atoms with Gasteiger partial charge in [0, 0.05) is 12.8 Å². The maximum atomic E-state index is 12.1. The van der Waals surface area contributed by atoms with Crippen LogP contribution in [0.25, 0.3) is 11.2 Å². The summed E-state index contributed by atoms with van der Waals surface area (Å²) in [4.78, 5) is 23.2. The van der Waals surface area contributed by atoms with Crippen molar-refractivity contribution in [2.75, 3.05) is 12.3 Å². The molecule has 0 saturated carbocycles. The fraction of sp³-hybridized carbons (Fsp3) is 0.667. The first-order chi connectivity index (χ1) is 11.5. The van der Waals surface area contributed by atoms with Crippen LogP contribution in [0.3, 0.4) is 0 Å². The Labute approximate surface area is 138 Å². The normalized spacial score (nSPS) is 24.0. The molecule has 0 unspecified atom stereocenters. The zero-order valence-electron chi connectivity index (χ0n) is 13.6. The number of ether oxygens (including phenoxy) is 1. The largest absolute Gasteiger partial charge is 0.394 e. The third-order valence-corrected chi connectivity index (χ3v) is 4.32. The molecule has 3 heterocycles. The smallest absolute Gasteiger partial charge is 0.280 e. The van der Waals surface area contributed by atoms with Crippen molar-refractivity contribution in [3.8, 4) is 0 Å². The Kier molecular flexibility index (Phi) is 4.83. The molecule has 9 nitrogen and oxygen atoms in total. The highest BCUT2D eigenvalue weighted by molar-refractivity contribution is 5.71. The lowest BCUT2D eigenvalue weighted by molar-refractivity contribution is -0.0440. The molecule has 1 aliphatic heterocycles. The Morgan fingerprint density at radius 3 is 2.88 bits per heavy atom. The zero-order valence-corrected chi connectivity index (χ0v) is 13.6. The van der Waals surface area contributed by atoms with Crippen molar-refractivity contribution in [2.24, 2.45) is 0 Å². The van der Waals surface area contributed by atoms with Gasteiger partial charge in [0.05, 0.1) is 12.7 Å². The van der Waals surface area contributed by atoms with Crippen molar-refractivity contribution in [3.05, 3.63) is 16.2 Å². The van der Waals surface area contributed by atoms with Gasteiger partial charge in [0.2, 0.25) is 5.95 Å². The lowest BCUT2D eigenvalue weighted by Crippen LogP contribution is -2.24. The van der Waals surface area contributed by atoms with Gasteiger partial charge in [-0.2, -0.15) is 4.98 Å². The molecular weight excluding hydrogens is 314 g/mol. The van der Waals surface area contributed by atoms with Crippen LogP contribution in [0.4, 0.5) is 5.95 Å². The molecule has 2 aromatic rings. The number of nitrogens with two attached hydrogens (primary N) is 1. The molecule has 0 bridgehead atoms. The molecule has 0 aromatic carbocycles. The Bertz CT molecular complexity index is 771. The van der Waals surface area contributed by atoms with E-state index in [1.807, 2.05) is 0 Å². The van der Waals surface area contributed by atoms with Gasteiger partial charge in [-0.3, -0.25) is 14.3 Å². The first kappa shape index (κ1) is 16.9. The SMILES string of the molecule is CCCCCc1nc2c(=O)[nH]c(N)nc2n1[C@H]1C[C@H](O)[C@@H](CO)O1. The van der Waals surface area contributed by atoms with E-state index in [0.29, 0.717) is 24.3 Å². The molecule has 5 N–H and O–H groups in total. The Balaban J connectivity index is 2.05. The van der Waals surface area contributed by atoms with Gasteiger partial charge in [0.1, 0.15) is 18.2 Å². The number of nitrogens with zero attached hydrogens (tertiary/aromatic N) is 3. The number of hydrogen-bond donors (Lipinski definition) is 4. The molecule has 0 spiro atoms. The van der Waals surface area contributed by atoms with Crippen LogP contribution in [-0.2, 0) is 11.2 Å². The number of aromatic amines is 1. The lowest BCUT2D eigenvalue weighted by atomic mass is 10.2. The number of hydrogen-bond acceptors (Lipinski definition) is 7. The highest BCUT2D eigenvalue weighted by Crippen LogP contribution is 2.32. The molecule has 1 aliphatic rings. The van der Waals surface area contributed by atoms with E-state index in [2.05, 4.69) is 21.9 Å². The second kappa shape index (κ2) is 6.88. The number of fused-ring (bicyclic) bond motifs is 1. The van der Waals surface area contributed by atoms with E-state index >= 15 is 0 Å². The van der Waals surface area contributed by atoms with Crippen LogP contribution in [0.2, 0.25) is 0 Å². The molecular formula is C15H23N5O4. The monoisotopic (exact) mass is 337 g/mol. The van der Waals surface area contributed by atoms with Gasteiger partial charge in [-0.1, -0.05) is 19.8 Å². The van der Waals surface area contributed by atoms with Gasteiger partial charge in [0.15, 0.2) is 11.2 Å². The van der Waals surface area contributed by atoms with Crippen LogP contribution in [0.5, 0.6) is 0 Å². The van der Waals surface area contributed by atoms with E-state index < -0.39 is 24.0 Å². The van der Waals surface area contributed by atoms with Crippen molar-refractivity contribution in [1.29, 1.82) is 0 Å². The zero-order chi connectivity index (χ0) is 17.3. The van der Waals surface area contributed by atoms with Gasteiger partial charge in [-0.05, 0) is 6.42 Å². The maximum absolute atomic E-state index is 12.1. The van der Waals surface area contributed by atoms with Crippen molar-refractivity contribution in [2.45, 2.75) is 57.5 Å². The quantitative estimate of drug-likeness (QED) is 0.547. The fourth-order valence-corrected chi connectivity index (χ4v) is 3.10. The van der Waals surface area contributed by atoms with Crippen molar-refractivity contribution < 1.29 is 14.9 Å². The minimum absolute atomic E-state index is 0.00557. The number of rotatable bonds is 6. The number of aromatic nitrogens is 4. The number of imidazole rings is 1. The molecule has 1 fully saturated rings. The molecule has 132 valence electrons. The third-order valence-electron chi connectivity index (χ3n) is 4.32. The second-order valence-electron chi connectivity index (χ2n) is 6.09. The highest BCUT2D eigenvalue weighted by Gasteiger charge is 2.36. The van der Waals surface area contributed by atoms with Crippen LogP contribution in [0.1, 0.15) is 44.7 Å². The fourth-order valence-electron chi connectivity index (χ4n) is 3.10. The average molecular weight is 337 g/mol. The standard InChI is InChI=1S/C15H23N5O4/c1-2-3-4-5-10-17-12-13(18-15(16)19-14(12)23)20(10)11-6-8(22)9(7-21)24-11/h8-9,11,21-22H,2-7H2,1H3,(H3,16,18,19,23)/t8-,9+,11+/m0/s1. The Hall–Kier alpha value is -1.97. The number of anilines is 1. The van der Waals surface area contributed by atoms with Gasteiger partial charge >= 0.3 is 0 Å². The minimum atomic E-state index is -0.778. The van der Waals surface area contributed by atoms with E-state index in [4.69, 9.17) is 10.5 Å². The van der Waals surface area contributed by atoms with Gasteiger partial charge < -0.3 is 20.7 Å². The molecule has 0 aliphatic carbocycles. The number of aliphatic hydroxyl groups is 2. The summed E-state index contributed by atoms with van der Waals surface area (Å²) >= 11 is 0. The van der Waals surface area contributed by atoms with E-state index in [9.17, 15) is 15.0 Å². The van der Waals surface area contributed by atoms with E-state index in [1.54, 1.807) is 4.57 Å². The number of nitrogen functional groups attached to an aromatic ring is 1. The summed E-state index contributed by atoms with van der Waals surface area (Å²) in [5.74, 6) is 0.684. The molecule has 3 atom stereocenters. The van der Waals surface area contributed by atoms with Crippen LogP contribution >= 0.6 is 0 Å². The summed E-state index contributed by atoms with van der Waals surface area (Å²) in [6.07, 6.45) is 2.03. The molecule has 9 heteroatoms. The topological polar surface area (TPSA) is 139 Å². The first-order valence-corrected chi connectivity index (χ1v) is 8.26. The average Bonchev–Trinajstić information content (AvgIpc) is 3.07. The summed E-state index contributed by atoms with van der Waals surface area (Å²) in [6.45, 7) is 1.84. The predicted molar refractivity (Wildman–Crippen MR) is 87.4 cm³/mol. The van der Waals surface area contributed by atoms with E-state index in [-0.39, 0.29) is 18.1 Å². The summed E-state index contributed by atoms with van der Waals surface area (Å²) < 4.78 is 7.46. The predicted octanol–water partition coefficient (Wildman–Crippen LogP) is 0.0752. The first-order valence-electron chi connectivity index (χ1n) is 8.26. The number of H-pyrrole nitrogens is 1. The van der Waals surface area contributed by atoms with Gasteiger partial charge in [0.25, 0.3) is 5.56 Å². The maximum Gasteiger partial charge on any atom is 0.280 e. The third kappa shape index (κ3) is 3.02. The Morgan fingerprint density at radius 2 is 2.21 bits per heavy atom. The second-order valence-corrected chi connectivity index (χ2v) is 6.09. The van der Waals surface area contributed by atoms with E-state index in [1.165, 1.54) is 0 Å². The van der Waals surface area contributed by atoms with Crippen molar-refractivity contribution >= 4 is 17.1 Å². The summed E-state index contributed by atoms with van der Waals surface area (Å²) in [5.41, 5.74) is 5.82.